The molecule has 0 atom stereocenters. The van der Waals surface area contributed by atoms with Crippen LogP contribution in [0.2, 0.25) is 0 Å². The first kappa shape index (κ1) is 18.9. The molecule has 0 aliphatic heterocycles. The predicted octanol–water partition coefficient (Wildman–Crippen LogP) is 5.76. The Kier molecular flexibility index (Phi) is 5.12. The van der Waals surface area contributed by atoms with Crippen molar-refractivity contribution in [3.05, 3.63) is 58.7 Å². The maximum Gasteiger partial charge on any atom is 0.163 e. The number of benzene rings is 2. The standard InChI is InChI=1S/C23H32P/c1-16-10-12-20(18(14-16)22(3,4)5)24(9)21-13-11-17(2)15-19(21)23(6,7)8/h10-15H,9H2,1-8H3/q+1. The van der Waals surface area contributed by atoms with Crippen LogP contribution >= 0.6 is 7.55 Å². The van der Waals surface area contributed by atoms with Crippen LogP contribution in [0, 0.1) is 13.8 Å². The summed E-state index contributed by atoms with van der Waals surface area (Å²) in [4.78, 5) is 0. The van der Waals surface area contributed by atoms with Gasteiger partial charge in [-0.25, -0.2) is 0 Å². The van der Waals surface area contributed by atoms with Gasteiger partial charge in [-0.05, 0) is 36.8 Å². The third kappa shape index (κ3) is 3.98. The highest BCUT2D eigenvalue weighted by Gasteiger charge is 2.31. The van der Waals surface area contributed by atoms with E-state index in [2.05, 4.69) is 98.1 Å². The third-order valence-corrected chi connectivity index (χ3v) is 6.44. The highest BCUT2D eigenvalue weighted by atomic mass is 31.1. The van der Waals surface area contributed by atoms with E-state index in [1.54, 1.807) is 0 Å². The molecule has 0 saturated carbocycles. The highest BCUT2D eigenvalue weighted by Crippen LogP contribution is 2.33. The van der Waals surface area contributed by atoms with Crippen molar-refractivity contribution in [2.45, 2.75) is 66.2 Å². The van der Waals surface area contributed by atoms with Crippen LogP contribution in [0.4, 0.5) is 0 Å². The van der Waals surface area contributed by atoms with Gasteiger partial charge in [-0.15, -0.1) is 0 Å². The second-order valence-electron chi connectivity index (χ2n) is 8.97. The first-order chi connectivity index (χ1) is 10.9. The minimum absolute atomic E-state index is 0.131. The molecule has 0 unspecified atom stereocenters. The van der Waals surface area contributed by atoms with Crippen LogP contribution in [0.3, 0.4) is 0 Å². The number of hydrogen-bond acceptors (Lipinski definition) is 0. The summed E-state index contributed by atoms with van der Waals surface area (Å²) in [7, 11) is -0.616. The van der Waals surface area contributed by atoms with Gasteiger partial charge in [0.05, 0.1) is 6.30 Å². The molecule has 0 nitrogen and oxygen atoms in total. The molecule has 0 heterocycles. The van der Waals surface area contributed by atoms with E-state index in [1.807, 2.05) is 0 Å². The molecule has 128 valence electrons. The van der Waals surface area contributed by atoms with Gasteiger partial charge in [0.15, 0.2) is 18.2 Å². The van der Waals surface area contributed by atoms with Crippen molar-refractivity contribution in [1.29, 1.82) is 0 Å². The topological polar surface area (TPSA) is 0 Å². The second kappa shape index (κ2) is 6.49. The monoisotopic (exact) mass is 339 g/mol. The van der Waals surface area contributed by atoms with E-state index in [9.17, 15) is 0 Å². The van der Waals surface area contributed by atoms with Crippen LogP contribution in [0.1, 0.15) is 63.8 Å². The molecule has 0 spiro atoms. The lowest BCUT2D eigenvalue weighted by Gasteiger charge is -2.23. The van der Waals surface area contributed by atoms with Crippen molar-refractivity contribution >= 4 is 24.5 Å². The molecule has 24 heavy (non-hydrogen) atoms. The van der Waals surface area contributed by atoms with E-state index in [4.69, 9.17) is 0 Å². The Morgan fingerprint density at radius 2 is 1.00 bits per heavy atom. The molecule has 0 fully saturated rings. The minimum atomic E-state index is -0.616. The lowest BCUT2D eigenvalue weighted by molar-refractivity contribution is 0.593. The summed E-state index contributed by atoms with van der Waals surface area (Å²) < 4.78 is 0. The fourth-order valence-corrected chi connectivity index (χ4v) is 5.25. The van der Waals surface area contributed by atoms with E-state index in [1.165, 1.54) is 32.9 Å². The first-order valence-corrected chi connectivity index (χ1v) is 10.3. The van der Waals surface area contributed by atoms with Gasteiger partial charge < -0.3 is 0 Å². The molecule has 1 heteroatoms. The van der Waals surface area contributed by atoms with Gasteiger partial charge in [0.1, 0.15) is 0 Å². The van der Waals surface area contributed by atoms with Crippen molar-refractivity contribution in [3.8, 4) is 0 Å². The van der Waals surface area contributed by atoms with E-state index in [0.29, 0.717) is 0 Å². The zero-order valence-electron chi connectivity index (χ0n) is 16.6. The highest BCUT2D eigenvalue weighted by molar-refractivity contribution is 7.71. The Bertz CT molecular complexity index is 702. The molecule has 0 amide bonds. The van der Waals surface area contributed by atoms with Crippen LogP contribution in [-0.2, 0) is 10.8 Å². The van der Waals surface area contributed by atoms with E-state index in [-0.39, 0.29) is 10.8 Å². The average molecular weight is 339 g/mol. The summed E-state index contributed by atoms with van der Waals surface area (Å²) in [5.41, 5.74) is 5.78. The molecule has 2 aromatic carbocycles. The van der Waals surface area contributed by atoms with Crippen molar-refractivity contribution < 1.29 is 0 Å². The fraction of sp³-hybridized carbons (Fsp3) is 0.435. The van der Waals surface area contributed by atoms with Crippen LogP contribution in [-0.4, -0.2) is 6.30 Å². The molecular formula is C23H32P+. The summed E-state index contributed by atoms with van der Waals surface area (Å²) in [6, 6.07) is 13.8. The number of rotatable bonds is 2. The third-order valence-electron chi connectivity index (χ3n) is 4.50. The molecule has 0 aliphatic rings. The Hall–Kier alpha value is -1.39. The Balaban J connectivity index is 2.68. The lowest BCUT2D eigenvalue weighted by Crippen LogP contribution is -2.26. The zero-order chi connectivity index (χ0) is 18.3. The SMILES string of the molecule is C=[P+](c1ccc(C)cc1C(C)(C)C)c1ccc(C)cc1C(C)(C)C. The quantitative estimate of drug-likeness (QED) is 0.610. The summed E-state index contributed by atoms with van der Waals surface area (Å²) in [6.45, 7) is 18.2. The summed E-state index contributed by atoms with van der Waals surface area (Å²) in [5, 5.41) is 2.83. The molecule has 0 aliphatic carbocycles. The fourth-order valence-electron chi connectivity index (χ4n) is 3.10. The molecule has 2 rings (SSSR count). The Morgan fingerprint density at radius 3 is 1.29 bits per heavy atom. The van der Waals surface area contributed by atoms with Gasteiger partial charge in [0, 0.05) is 11.1 Å². The Morgan fingerprint density at radius 1 is 0.667 bits per heavy atom. The molecule has 0 radical (unpaired) electrons. The number of aryl methyl sites for hydroxylation is 2. The van der Waals surface area contributed by atoms with Gasteiger partial charge >= 0.3 is 0 Å². The van der Waals surface area contributed by atoms with E-state index in [0.717, 1.165) is 0 Å². The van der Waals surface area contributed by atoms with Crippen molar-refractivity contribution in [1.82, 2.24) is 0 Å². The first-order valence-electron chi connectivity index (χ1n) is 8.74. The smallest absolute Gasteiger partial charge is 0.0559 e. The molecule has 0 saturated heterocycles. The van der Waals surface area contributed by atoms with E-state index < -0.39 is 7.55 Å². The van der Waals surface area contributed by atoms with Crippen LogP contribution in [0.15, 0.2) is 36.4 Å². The maximum absolute atomic E-state index is 4.65. The van der Waals surface area contributed by atoms with Crippen molar-refractivity contribution in [2.75, 3.05) is 0 Å². The molecular weight excluding hydrogens is 307 g/mol. The molecule has 0 aromatic heterocycles. The normalized spacial score (nSPS) is 12.3. The summed E-state index contributed by atoms with van der Waals surface area (Å²) in [6.07, 6.45) is 4.65. The van der Waals surface area contributed by atoms with Gasteiger partial charge in [-0.3, -0.25) is 0 Å². The van der Waals surface area contributed by atoms with Gasteiger partial charge in [-0.1, -0.05) is 76.9 Å². The van der Waals surface area contributed by atoms with Crippen molar-refractivity contribution in [3.63, 3.8) is 0 Å². The van der Waals surface area contributed by atoms with Crippen LogP contribution in [0.5, 0.6) is 0 Å². The number of hydrogen-bond donors (Lipinski definition) is 0. The van der Waals surface area contributed by atoms with E-state index >= 15 is 0 Å². The predicted molar refractivity (Wildman–Crippen MR) is 113 cm³/mol. The van der Waals surface area contributed by atoms with Gasteiger partial charge in [0.25, 0.3) is 0 Å². The van der Waals surface area contributed by atoms with Crippen LogP contribution in [0.25, 0.3) is 0 Å². The minimum Gasteiger partial charge on any atom is -0.0559 e. The molecule has 0 bridgehead atoms. The molecule has 0 N–H and O–H groups in total. The second-order valence-corrected chi connectivity index (χ2v) is 10.8. The zero-order valence-corrected chi connectivity index (χ0v) is 17.5. The van der Waals surface area contributed by atoms with Crippen molar-refractivity contribution in [2.24, 2.45) is 0 Å². The van der Waals surface area contributed by atoms with Gasteiger partial charge in [0.2, 0.25) is 0 Å². The lowest BCUT2D eigenvalue weighted by atomic mass is 9.86. The summed E-state index contributed by atoms with van der Waals surface area (Å²) in [5.74, 6) is 0. The molecule has 2 aromatic rings. The largest absolute Gasteiger partial charge is 0.163 e. The van der Waals surface area contributed by atoms with Gasteiger partial charge in [-0.2, -0.15) is 0 Å². The maximum atomic E-state index is 4.65. The van der Waals surface area contributed by atoms with Crippen LogP contribution < -0.4 is 10.6 Å². The summed E-state index contributed by atoms with van der Waals surface area (Å²) >= 11 is 0. The average Bonchev–Trinajstić information content (AvgIpc) is 2.44. The Labute approximate surface area is 149 Å².